The number of nitriles is 1. The van der Waals surface area contributed by atoms with Gasteiger partial charge < -0.3 is 0 Å². The maximum atomic E-state index is 12.2. The number of ketones is 1. The summed E-state index contributed by atoms with van der Waals surface area (Å²) in [5.41, 5.74) is 2.60. The molecule has 0 spiro atoms. The lowest BCUT2D eigenvalue weighted by Gasteiger charge is -2.20. The van der Waals surface area contributed by atoms with Crippen LogP contribution in [0.2, 0.25) is 0 Å². The molecule has 0 aliphatic rings. The van der Waals surface area contributed by atoms with Gasteiger partial charge in [0.1, 0.15) is 5.92 Å². The maximum Gasteiger partial charge on any atom is 0.159 e. The number of rotatable bonds is 2. The summed E-state index contributed by atoms with van der Waals surface area (Å²) in [6.45, 7) is 9.56. The van der Waals surface area contributed by atoms with Crippen molar-refractivity contribution < 1.29 is 4.79 Å². The Morgan fingerprint density at radius 1 is 1.24 bits per heavy atom. The zero-order chi connectivity index (χ0) is 13.2. The van der Waals surface area contributed by atoms with E-state index in [4.69, 9.17) is 0 Å². The summed E-state index contributed by atoms with van der Waals surface area (Å²) >= 11 is 0. The lowest BCUT2D eigenvalue weighted by Crippen LogP contribution is -2.26. The van der Waals surface area contributed by atoms with Crippen molar-refractivity contribution in [3.8, 4) is 6.07 Å². The Labute approximate surface area is 103 Å². The van der Waals surface area contributed by atoms with E-state index in [9.17, 15) is 10.1 Å². The summed E-state index contributed by atoms with van der Waals surface area (Å²) in [6.07, 6.45) is 0. The van der Waals surface area contributed by atoms with Gasteiger partial charge in [0, 0.05) is 5.41 Å². The molecule has 0 aromatic heterocycles. The van der Waals surface area contributed by atoms with Gasteiger partial charge in [-0.15, -0.1) is 0 Å². The molecule has 1 aromatic carbocycles. The monoisotopic (exact) mass is 229 g/mol. The number of hydrogen-bond acceptors (Lipinski definition) is 2. The fraction of sp³-hybridized carbons (Fsp3) is 0.467. The van der Waals surface area contributed by atoms with Gasteiger partial charge in [0.25, 0.3) is 0 Å². The Hall–Kier alpha value is -1.62. The second kappa shape index (κ2) is 4.71. The SMILES string of the molecule is Cc1ccc(C(C#N)C(=O)C(C)(C)C)cc1C. The third-order valence-corrected chi connectivity index (χ3v) is 2.99. The van der Waals surface area contributed by atoms with Gasteiger partial charge in [0.15, 0.2) is 5.78 Å². The molecule has 1 unspecified atom stereocenters. The van der Waals surface area contributed by atoms with E-state index in [1.54, 1.807) is 0 Å². The molecule has 0 radical (unpaired) electrons. The summed E-state index contributed by atoms with van der Waals surface area (Å²) in [5.74, 6) is -0.683. The zero-order valence-corrected chi connectivity index (χ0v) is 11.2. The Balaban J connectivity index is 3.16. The Bertz CT molecular complexity index is 475. The number of aryl methyl sites for hydroxylation is 2. The van der Waals surface area contributed by atoms with Gasteiger partial charge in [0.05, 0.1) is 6.07 Å². The van der Waals surface area contributed by atoms with E-state index in [-0.39, 0.29) is 5.78 Å². The molecule has 0 heterocycles. The number of carbonyl (C=O) groups excluding carboxylic acids is 1. The minimum absolute atomic E-state index is 0.0248. The molecule has 0 aliphatic heterocycles. The van der Waals surface area contributed by atoms with E-state index in [2.05, 4.69) is 6.07 Å². The summed E-state index contributed by atoms with van der Waals surface area (Å²) < 4.78 is 0. The van der Waals surface area contributed by atoms with Crippen LogP contribution < -0.4 is 0 Å². The van der Waals surface area contributed by atoms with Gasteiger partial charge >= 0.3 is 0 Å². The highest BCUT2D eigenvalue weighted by atomic mass is 16.1. The fourth-order valence-corrected chi connectivity index (χ4v) is 1.66. The van der Waals surface area contributed by atoms with Crippen molar-refractivity contribution in [3.05, 3.63) is 34.9 Å². The molecule has 0 N–H and O–H groups in total. The first-order valence-corrected chi connectivity index (χ1v) is 5.78. The maximum absolute atomic E-state index is 12.2. The van der Waals surface area contributed by atoms with Gasteiger partial charge in [0.2, 0.25) is 0 Å². The fourth-order valence-electron chi connectivity index (χ4n) is 1.66. The third-order valence-electron chi connectivity index (χ3n) is 2.99. The standard InChI is InChI=1S/C15H19NO/c1-10-6-7-12(8-11(10)2)13(9-16)14(17)15(3,4)5/h6-8,13H,1-5H3. The molecule has 0 fully saturated rings. The van der Waals surface area contributed by atoms with E-state index in [0.29, 0.717) is 0 Å². The van der Waals surface area contributed by atoms with E-state index in [1.165, 1.54) is 5.56 Å². The minimum Gasteiger partial charge on any atom is -0.297 e. The van der Waals surface area contributed by atoms with Crippen LogP contribution in [0.5, 0.6) is 0 Å². The highest BCUT2D eigenvalue weighted by Crippen LogP contribution is 2.28. The molecule has 0 saturated carbocycles. The molecule has 2 nitrogen and oxygen atoms in total. The first-order valence-electron chi connectivity index (χ1n) is 5.78. The predicted molar refractivity (Wildman–Crippen MR) is 68.7 cm³/mol. The van der Waals surface area contributed by atoms with E-state index < -0.39 is 11.3 Å². The number of nitrogens with zero attached hydrogens (tertiary/aromatic N) is 1. The first-order chi connectivity index (χ1) is 7.77. The van der Waals surface area contributed by atoms with Crippen LogP contribution in [0.15, 0.2) is 18.2 Å². The van der Waals surface area contributed by atoms with E-state index >= 15 is 0 Å². The van der Waals surface area contributed by atoms with Crippen molar-refractivity contribution in [2.45, 2.75) is 40.5 Å². The normalized spacial score (nSPS) is 12.9. The Morgan fingerprint density at radius 2 is 1.82 bits per heavy atom. The molecular weight excluding hydrogens is 210 g/mol. The summed E-state index contributed by atoms with van der Waals surface area (Å²) in [6, 6.07) is 7.90. The van der Waals surface area contributed by atoms with Gasteiger partial charge in [-0.05, 0) is 30.5 Å². The summed E-state index contributed by atoms with van der Waals surface area (Å²) in [7, 11) is 0. The smallest absolute Gasteiger partial charge is 0.159 e. The topological polar surface area (TPSA) is 40.9 Å². The zero-order valence-electron chi connectivity index (χ0n) is 11.2. The average Bonchev–Trinajstić information content (AvgIpc) is 2.23. The van der Waals surface area contributed by atoms with Gasteiger partial charge in [-0.25, -0.2) is 0 Å². The molecule has 0 saturated heterocycles. The van der Waals surface area contributed by atoms with Crippen molar-refractivity contribution >= 4 is 5.78 Å². The summed E-state index contributed by atoms with van der Waals surface area (Å²) in [4.78, 5) is 12.2. The number of benzene rings is 1. The van der Waals surface area contributed by atoms with Crippen molar-refractivity contribution in [1.29, 1.82) is 5.26 Å². The second-order valence-corrected chi connectivity index (χ2v) is 5.52. The number of carbonyl (C=O) groups is 1. The van der Waals surface area contributed by atoms with Gasteiger partial charge in [-0.2, -0.15) is 5.26 Å². The van der Waals surface area contributed by atoms with Crippen LogP contribution in [0.1, 0.15) is 43.4 Å². The lowest BCUT2D eigenvalue weighted by atomic mass is 9.80. The van der Waals surface area contributed by atoms with Crippen LogP contribution in [-0.2, 0) is 4.79 Å². The van der Waals surface area contributed by atoms with Crippen LogP contribution in [0, 0.1) is 30.6 Å². The molecule has 17 heavy (non-hydrogen) atoms. The first kappa shape index (κ1) is 13.4. The third kappa shape index (κ3) is 2.94. The summed E-state index contributed by atoms with van der Waals surface area (Å²) in [5, 5.41) is 9.20. The molecule has 1 aromatic rings. The minimum atomic E-state index is -0.658. The molecule has 0 bridgehead atoms. The van der Waals surface area contributed by atoms with E-state index in [1.807, 2.05) is 52.8 Å². The average molecular weight is 229 g/mol. The Kier molecular flexibility index (Phi) is 3.72. The van der Waals surface area contributed by atoms with Crippen molar-refractivity contribution in [2.24, 2.45) is 5.41 Å². The molecule has 0 aliphatic carbocycles. The van der Waals surface area contributed by atoms with Crippen molar-refractivity contribution in [3.63, 3.8) is 0 Å². The largest absolute Gasteiger partial charge is 0.297 e. The van der Waals surface area contributed by atoms with Crippen molar-refractivity contribution in [2.75, 3.05) is 0 Å². The Morgan fingerprint density at radius 3 is 2.24 bits per heavy atom. The highest BCUT2D eigenvalue weighted by Gasteiger charge is 2.30. The van der Waals surface area contributed by atoms with Crippen molar-refractivity contribution in [1.82, 2.24) is 0 Å². The van der Waals surface area contributed by atoms with Crippen LogP contribution in [-0.4, -0.2) is 5.78 Å². The molecule has 0 amide bonds. The highest BCUT2D eigenvalue weighted by molar-refractivity contribution is 5.92. The lowest BCUT2D eigenvalue weighted by molar-refractivity contribution is -0.126. The van der Waals surface area contributed by atoms with Gasteiger partial charge in [-0.3, -0.25) is 4.79 Å². The van der Waals surface area contributed by atoms with Crippen LogP contribution >= 0.6 is 0 Å². The predicted octanol–water partition coefficient (Wildman–Crippen LogP) is 3.53. The molecule has 2 heteroatoms. The molecule has 1 atom stereocenters. The molecular formula is C15H19NO. The second-order valence-electron chi connectivity index (χ2n) is 5.52. The van der Waals surface area contributed by atoms with Crippen LogP contribution in [0.3, 0.4) is 0 Å². The van der Waals surface area contributed by atoms with Gasteiger partial charge in [-0.1, -0.05) is 39.0 Å². The molecule has 1 rings (SSSR count). The number of Topliss-reactive ketones (excluding diaryl/α,β-unsaturated/α-hetero) is 1. The van der Waals surface area contributed by atoms with E-state index in [0.717, 1.165) is 11.1 Å². The quantitative estimate of drug-likeness (QED) is 0.778. The molecule has 90 valence electrons. The van der Waals surface area contributed by atoms with Crippen LogP contribution in [0.25, 0.3) is 0 Å². The number of hydrogen-bond donors (Lipinski definition) is 0. The van der Waals surface area contributed by atoms with Crippen LogP contribution in [0.4, 0.5) is 0 Å².